The predicted octanol–water partition coefficient (Wildman–Crippen LogP) is 2.72. The number of likely N-dealkylation sites (N-methyl/N-ethyl adjacent to an activating group) is 1. The second-order valence-corrected chi connectivity index (χ2v) is 5.24. The van der Waals surface area contributed by atoms with Crippen LogP contribution in [0.15, 0.2) is 22.7 Å². The molecule has 0 bridgehead atoms. The first-order valence-electron chi connectivity index (χ1n) is 6.45. The van der Waals surface area contributed by atoms with Gasteiger partial charge in [0.05, 0.1) is 0 Å². The van der Waals surface area contributed by atoms with Gasteiger partial charge in [0.1, 0.15) is 5.75 Å². The molecule has 4 nitrogen and oxygen atoms in total. The third kappa shape index (κ3) is 4.51. The molecule has 0 radical (unpaired) electrons. The number of hydrogen-bond acceptors (Lipinski definition) is 3. The zero-order valence-corrected chi connectivity index (χ0v) is 13.2. The summed E-state index contributed by atoms with van der Waals surface area (Å²) in [6.07, 6.45) is 0. The van der Waals surface area contributed by atoms with Crippen LogP contribution in [0.1, 0.15) is 32.4 Å². The summed E-state index contributed by atoms with van der Waals surface area (Å²) >= 11 is 3.39. The third-order valence-corrected chi connectivity index (χ3v) is 3.43. The Morgan fingerprint density at radius 1 is 1.42 bits per heavy atom. The van der Waals surface area contributed by atoms with Crippen molar-refractivity contribution in [3.8, 4) is 5.75 Å². The fourth-order valence-electron chi connectivity index (χ4n) is 1.82. The largest absolute Gasteiger partial charge is 0.483 e. The molecule has 0 aliphatic carbocycles. The standard InChI is InChI=1S/C14H21BrN2O2/c1-4-17(5-2)14(18)9-19-13-8-11(15)6-7-12(13)10(3)16/h6-8,10H,4-5,9,16H2,1-3H3. The van der Waals surface area contributed by atoms with Crippen molar-refractivity contribution in [2.75, 3.05) is 19.7 Å². The summed E-state index contributed by atoms with van der Waals surface area (Å²) in [5.74, 6) is 0.644. The summed E-state index contributed by atoms with van der Waals surface area (Å²) in [5, 5.41) is 0. The molecule has 1 atom stereocenters. The molecular weight excluding hydrogens is 308 g/mol. The topological polar surface area (TPSA) is 55.6 Å². The number of rotatable bonds is 6. The van der Waals surface area contributed by atoms with Crippen LogP contribution in [0.25, 0.3) is 0 Å². The maximum atomic E-state index is 11.9. The van der Waals surface area contributed by atoms with Gasteiger partial charge in [0.15, 0.2) is 6.61 Å². The minimum Gasteiger partial charge on any atom is -0.483 e. The van der Waals surface area contributed by atoms with E-state index in [1.165, 1.54) is 0 Å². The molecule has 0 spiro atoms. The van der Waals surface area contributed by atoms with Crippen molar-refractivity contribution in [3.05, 3.63) is 28.2 Å². The SMILES string of the molecule is CCN(CC)C(=O)COc1cc(Br)ccc1C(C)N. The first-order chi connectivity index (χ1) is 8.99. The van der Waals surface area contributed by atoms with Crippen molar-refractivity contribution in [2.45, 2.75) is 26.8 Å². The van der Waals surface area contributed by atoms with Crippen molar-refractivity contribution < 1.29 is 9.53 Å². The lowest BCUT2D eigenvalue weighted by Gasteiger charge is -2.20. The molecule has 0 heterocycles. The van der Waals surface area contributed by atoms with Gasteiger partial charge in [-0.15, -0.1) is 0 Å². The fraction of sp³-hybridized carbons (Fsp3) is 0.500. The summed E-state index contributed by atoms with van der Waals surface area (Å²) in [7, 11) is 0. The molecule has 1 aromatic rings. The number of carbonyl (C=O) groups is 1. The van der Waals surface area contributed by atoms with Crippen molar-refractivity contribution >= 4 is 21.8 Å². The van der Waals surface area contributed by atoms with Crippen LogP contribution in [0.3, 0.4) is 0 Å². The van der Waals surface area contributed by atoms with E-state index in [-0.39, 0.29) is 18.6 Å². The summed E-state index contributed by atoms with van der Waals surface area (Å²) in [4.78, 5) is 13.6. The highest BCUT2D eigenvalue weighted by Gasteiger charge is 2.13. The average Bonchev–Trinajstić information content (AvgIpc) is 2.37. The quantitative estimate of drug-likeness (QED) is 0.873. The molecule has 106 valence electrons. The zero-order valence-electron chi connectivity index (χ0n) is 11.6. The van der Waals surface area contributed by atoms with Gasteiger partial charge < -0.3 is 15.4 Å². The van der Waals surface area contributed by atoms with E-state index in [2.05, 4.69) is 15.9 Å². The third-order valence-electron chi connectivity index (χ3n) is 2.93. The van der Waals surface area contributed by atoms with E-state index < -0.39 is 0 Å². The van der Waals surface area contributed by atoms with Crippen molar-refractivity contribution in [3.63, 3.8) is 0 Å². The van der Waals surface area contributed by atoms with Gasteiger partial charge in [-0.2, -0.15) is 0 Å². The average molecular weight is 329 g/mol. The van der Waals surface area contributed by atoms with Crippen molar-refractivity contribution in [1.29, 1.82) is 0 Å². The van der Waals surface area contributed by atoms with E-state index in [1.807, 2.05) is 39.0 Å². The Morgan fingerprint density at radius 2 is 2.05 bits per heavy atom. The Labute approximate surface area is 123 Å². The molecule has 1 unspecified atom stereocenters. The maximum absolute atomic E-state index is 11.9. The van der Waals surface area contributed by atoms with Crippen LogP contribution >= 0.6 is 15.9 Å². The van der Waals surface area contributed by atoms with E-state index in [1.54, 1.807) is 4.90 Å². The van der Waals surface area contributed by atoms with Crippen LogP contribution in [0.4, 0.5) is 0 Å². The first-order valence-corrected chi connectivity index (χ1v) is 7.24. The molecule has 2 N–H and O–H groups in total. The number of nitrogens with two attached hydrogens (primary N) is 1. The van der Waals surface area contributed by atoms with Crippen LogP contribution in [-0.2, 0) is 4.79 Å². The molecule has 0 aliphatic heterocycles. The maximum Gasteiger partial charge on any atom is 0.260 e. The second kappa shape index (κ2) is 7.50. The Kier molecular flexibility index (Phi) is 6.31. The van der Waals surface area contributed by atoms with Gasteiger partial charge in [-0.05, 0) is 32.9 Å². The summed E-state index contributed by atoms with van der Waals surface area (Å²) in [6, 6.07) is 5.53. The van der Waals surface area contributed by atoms with E-state index in [0.717, 1.165) is 10.0 Å². The summed E-state index contributed by atoms with van der Waals surface area (Å²) in [5.41, 5.74) is 6.79. The monoisotopic (exact) mass is 328 g/mol. The number of hydrogen-bond donors (Lipinski definition) is 1. The Morgan fingerprint density at radius 3 is 2.58 bits per heavy atom. The number of amides is 1. The highest BCUT2D eigenvalue weighted by Crippen LogP contribution is 2.27. The summed E-state index contributed by atoms with van der Waals surface area (Å²) < 4.78 is 6.53. The normalized spacial score (nSPS) is 12.1. The second-order valence-electron chi connectivity index (χ2n) is 4.33. The van der Waals surface area contributed by atoms with Gasteiger partial charge in [0.2, 0.25) is 0 Å². The number of carbonyl (C=O) groups excluding carboxylic acids is 1. The number of halogens is 1. The van der Waals surface area contributed by atoms with Crippen LogP contribution in [-0.4, -0.2) is 30.5 Å². The van der Waals surface area contributed by atoms with Gasteiger partial charge in [0, 0.05) is 29.2 Å². The molecule has 0 fully saturated rings. The fourth-order valence-corrected chi connectivity index (χ4v) is 2.16. The molecule has 19 heavy (non-hydrogen) atoms. The number of nitrogens with zero attached hydrogens (tertiary/aromatic N) is 1. The number of ether oxygens (including phenoxy) is 1. The van der Waals surface area contributed by atoms with E-state index in [0.29, 0.717) is 18.8 Å². The lowest BCUT2D eigenvalue weighted by molar-refractivity contribution is -0.132. The van der Waals surface area contributed by atoms with E-state index in [9.17, 15) is 4.79 Å². The van der Waals surface area contributed by atoms with Gasteiger partial charge >= 0.3 is 0 Å². The molecule has 0 saturated heterocycles. The van der Waals surface area contributed by atoms with Crippen LogP contribution in [0.5, 0.6) is 5.75 Å². The molecule has 0 aromatic heterocycles. The van der Waals surface area contributed by atoms with Crippen LogP contribution < -0.4 is 10.5 Å². The highest BCUT2D eigenvalue weighted by molar-refractivity contribution is 9.10. The lowest BCUT2D eigenvalue weighted by atomic mass is 10.1. The lowest BCUT2D eigenvalue weighted by Crippen LogP contribution is -2.34. The van der Waals surface area contributed by atoms with Crippen molar-refractivity contribution in [2.24, 2.45) is 5.73 Å². The van der Waals surface area contributed by atoms with E-state index in [4.69, 9.17) is 10.5 Å². The van der Waals surface area contributed by atoms with Gasteiger partial charge in [-0.25, -0.2) is 0 Å². The molecule has 0 aliphatic rings. The minimum atomic E-state index is -0.133. The molecule has 0 saturated carbocycles. The van der Waals surface area contributed by atoms with Gasteiger partial charge in [-0.3, -0.25) is 4.79 Å². The molecule has 1 rings (SSSR count). The van der Waals surface area contributed by atoms with Gasteiger partial charge in [0.25, 0.3) is 5.91 Å². The number of benzene rings is 1. The zero-order chi connectivity index (χ0) is 14.4. The van der Waals surface area contributed by atoms with E-state index >= 15 is 0 Å². The minimum absolute atomic E-state index is 0.0133. The molecule has 5 heteroatoms. The Bertz CT molecular complexity index is 431. The summed E-state index contributed by atoms with van der Waals surface area (Å²) in [6.45, 7) is 7.22. The Hall–Kier alpha value is -1.07. The Balaban J connectivity index is 2.77. The first kappa shape index (κ1) is 16.0. The van der Waals surface area contributed by atoms with Crippen LogP contribution in [0.2, 0.25) is 0 Å². The van der Waals surface area contributed by atoms with Crippen LogP contribution in [0, 0.1) is 0 Å². The van der Waals surface area contributed by atoms with Gasteiger partial charge in [-0.1, -0.05) is 22.0 Å². The highest BCUT2D eigenvalue weighted by atomic mass is 79.9. The molecular formula is C14H21BrN2O2. The molecule has 1 amide bonds. The van der Waals surface area contributed by atoms with Crippen molar-refractivity contribution in [1.82, 2.24) is 4.90 Å². The smallest absolute Gasteiger partial charge is 0.260 e. The molecule has 1 aromatic carbocycles. The predicted molar refractivity (Wildman–Crippen MR) is 80.2 cm³/mol.